The molecule has 0 bridgehead atoms. The van der Waals surface area contributed by atoms with Crippen LogP contribution in [0, 0.1) is 0 Å². The largest absolute Gasteiger partial charge is 0.480 e. The molecule has 1 N–H and O–H groups in total. The van der Waals surface area contributed by atoms with Crippen LogP contribution in [0.25, 0.3) is 0 Å². The standard InChI is InChI=1S/C7H11BrO2.Cd/c8-7(6(9)10)4-2-1-3-5-7;/h1-5H2,(H,9,10);. The number of hydrogen-bond donors (Lipinski definition) is 1. The zero-order valence-corrected chi connectivity index (χ0v) is 12.1. The smallest absolute Gasteiger partial charge is 0.320 e. The summed E-state index contributed by atoms with van der Waals surface area (Å²) in [4.78, 5) is 10.6. The van der Waals surface area contributed by atoms with Crippen LogP contribution in [-0.4, -0.2) is 15.4 Å². The van der Waals surface area contributed by atoms with E-state index in [-0.39, 0.29) is 27.3 Å². The Morgan fingerprint density at radius 2 is 1.73 bits per heavy atom. The number of carboxylic acids is 1. The molecule has 0 amide bonds. The molecular weight excluding hydrogens is 308 g/mol. The number of aliphatic carboxylic acids is 1. The van der Waals surface area contributed by atoms with Crippen molar-refractivity contribution in [3.05, 3.63) is 0 Å². The summed E-state index contributed by atoms with van der Waals surface area (Å²) in [6, 6.07) is 0. The van der Waals surface area contributed by atoms with E-state index in [4.69, 9.17) is 5.11 Å². The van der Waals surface area contributed by atoms with E-state index >= 15 is 0 Å². The van der Waals surface area contributed by atoms with Crippen molar-refractivity contribution in [1.82, 2.24) is 0 Å². The second kappa shape index (κ2) is 4.79. The van der Waals surface area contributed by atoms with Gasteiger partial charge in [-0.05, 0) is 12.8 Å². The molecule has 0 aromatic heterocycles. The van der Waals surface area contributed by atoms with Crippen molar-refractivity contribution >= 4 is 21.9 Å². The Morgan fingerprint density at radius 1 is 1.27 bits per heavy atom. The van der Waals surface area contributed by atoms with Gasteiger partial charge in [0.05, 0.1) is 0 Å². The molecule has 4 heteroatoms. The van der Waals surface area contributed by atoms with Gasteiger partial charge in [0.25, 0.3) is 0 Å². The molecule has 0 aliphatic heterocycles. The second-order valence-electron chi connectivity index (χ2n) is 2.83. The van der Waals surface area contributed by atoms with E-state index in [9.17, 15) is 4.79 Å². The SMILES string of the molecule is O=C(O)C1(Br)CCCCC1.[Cd]. The molecule has 1 fully saturated rings. The van der Waals surface area contributed by atoms with Gasteiger partial charge < -0.3 is 5.11 Å². The van der Waals surface area contributed by atoms with Crippen LogP contribution >= 0.6 is 15.9 Å². The van der Waals surface area contributed by atoms with Crippen LogP contribution in [0.1, 0.15) is 32.1 Å². The van der Waals surface area contributed by atoms with Crippen LogP contribution in [-0.2, 0) is 32.1 Å². The normalized spacial score (nSPS) is 21.9. The van der Waals surface area contributed by atoms with Crippen LogP contribution in [0.3, 0.4) is 0 Å². The van der Waals surface area contributed by atoms with Gasteiger partial charge in [-0.1, -0.05) is 35.2 Å². The molecule has 1 aliphatic rings. The first-order valence-electron chi connectivity index (χ1n) is 3.57. The van der Waals surface area contributed by atoms with Crippen LogP contribution in [0.5, 0.6) is 0 Å². The number of rotatable bonds is 1. The molecule has 2 nitrogen and oxygen atoms in total. The Labute approximate surface area is 95.0 Å². The summed E-state index contributed by atoms with van der Waals surface area (Å²) in [5.74, 6) is -0.702. The molecule has 1 saturated carbocycles. The molecular formula is C7H11BrCdO2. The van der Waals surface area contributed by atoms with Crippen LogP contribution in [0.4, 0.5) is 0 Å². The first-order chi connectivity index (χ1) is 4.65. The Balaban J connectivity index is 0.000001000. The maximum Gasteiger partial charge on any atom is 0.320 e. The summed E-state index contributed by atoms with van der Waals surface area (Å²) in [7, 11) is 0. The molecule has 1 rings (SSSR count). The van der Waals surface area contributed by atoms with Crippen LogP contribution in [0.2, 0.25) is 0 Å². The Morgan fingerprint density at radius 3 is 2.00 bits per heavy atom. The zero-order valence-electron chi connectivity index (χ0n) is 6.48. The van der Waals surface area contributed by atoms with E-state index in [1.165, 1.54) is 6.42 Å². The third kappa shape index (κ3) is 3.01. The molecule has 11 heavy (non-hydrogen) atoms. The van der Waals surface area contributed by atoms with Gasteiger partial charge in [-0.25, -0.2) is 0 Å². The minimum Gasteiger partial charge on any atom is -0.480 e. The van der Waals surface area contributed by atoms with Gasteiger partial charge in [-0.3, -0.25) is 4.79 Å². The van der Waals surface area contributed by atoms with E-state index in [1.807, 2.05) is 0 Å². The maximum absolute atomic E-state index is 10.6. The Hall–Kier alpha value is 0.872. The van der Waals surface area contributed by atoms with Crippen molar-refractivity contribution in [2.24, 2.45) is 0 Å². The first-order valence-corrected chi connectivity index (χ1v) is 4.37. The minimum absolute atomic E-state index is 0. The summed E-state index contributed by atoms with van der Waals surface area (Å²) < 4.78 is -0.592. The van der Waals surface area contributed by atoms with Crippen LogP contribution < -0.4 is 0 Å². The van der Waals surface area contributed by atoms with Gasteiger partial charge in [-0.2, -0.15) is 0 Å². The van der Waals surface area contributed by atoms with Gasteiger partial charge in [0.1, 0.15) is 4.32 Å². The summed E-state index contributed by atoms with van der Waals surface area (Å²) in [5, 5.41) is 8.75. The number of carboxylic acid groups (broad SMARTS) is 1. The summed E-state index contributed by atoms with van der Waals surface area (Å²) in [5.41, 5.74) is 0. The predicted molar refractivity (Wildman–Crippen MR) is 42.4 cm³/mol. The molecule has 0 unspecified atom stereocenters. The number of alkyl halides is 1. The van der Waals surface area contributed by atoms with Gasteiger partial charge in [-0.15, -0.1) is 0 Å². The molecule has 0 aromatic rings. The molecule has 0 heterocycles. The number of hydrogen-bond acceptors (Lipinski definition) is 1. The maximum atomic E-state index is 10.6. The van der Waals surface area contributed by atoms with E-state index in [1.54, 1.807) is 0 Å². The molecule has 0 aromatic carbocycles. The van der Waals surface area contributed by atoms with Crippen molar-refractivity contribution < 1.29 is 37.2 Å². The molecule has 0 radical (unpaired) electrons. The van der Waals surface area contributed by atoms with Crippen molar-refractivity contribution in [3.63, 3.8) is 0 Å². The van der Waals surface area contributed by atoms with E-state index < -0.39 is 10.3 Å². The number of carbonyl (C=O) groups is 1. The van der Waals surface area contributed by atoms with Gasteiger partial charge in [0, 0.05) is 27.3 Å². The fraction of sp³-hybridized carbons (Fsp3) is 0.857. The fourth-order valence-corrected chi connectivity index (χ4v) is 1.89. The molecule has 0 saturated heterocycles. The molecule has 60 valence electrons. The fourth-order valence-electron chi connectivity index (χ4n) is 1.33. The van der Waals surface area contributed by atoms with Crippen molar-refractivity contribution in [2.75, 3.05) is 0 Å². The van der Waals surface area contributed by atoms with Crippen LogP contribution in [0.15, 0.2) is 0 Å². The third-order valence-corrected chi connectivity index (χ3v) is 3.16. The minimum atomic E-state index is -0.702. The van der Waals surface area contributed by atoms with Crippen molar-refractivity contribution in [1.29, 1.82) is 0 Å². The zero-order chi connectivity index (χ0) is 7.61. The summed E-state index contributed by atoms with van der Waals surface area (Å²) in [6.07, 6.45) is 4.82. The average Bonchev–Trinajstić information content (AvgIpc) is 1.89. The summed E-state index contributed by atoms with van der Waals surface area (Å²) in [6.45, 7) is 0. The van der Waals surface area contributed by atoms with E-state index in [0.717, 1.165) is 25.7 Å². The molecule has 1 aliphatic carbocycles. The second-order valence-corrected chi connectivity index (χ2v) is 4.35. The Kier molecular flexibility index (Phi) is 5.17. The van der Waals surface area contributed by atoms with Crippen molar-refractivity contribution in [2.45, 2.75) is 36.4 Å². The average molecular weight is 319 g/mol. The molecule has 0 atom stereocenters. The Bertz CT molecular complexity index is 143. The van der Waals surface area contributed by atoms with E-state index in [2.05, 4.69) is 15.9 Å². The van der Waals surface area contributed by atoms with Crippen molar-refractivity contribution in [3.8, 4) is 0 Å². The summed E-state index contributed by atoms with van der Waals surface area (Å²) >= 11 is 3.26. The number of halogens is 1. The van der Waals surface area contributed by atoms with Gasteiger partial charge in [0.15, 0.2) is 0 Å². The predicted octanol–water partition coefficient (Wildman–Crippen LogP) is 2.17. The molecule has 0 spiro atoms. The first kappa shape index (κ1) is 11.9. The topological polar surface area (TPSA) is 37.3 Å². The van der Waals surface area contributed by atoms with Gasteiger partial charge in [0.2, 0.25) is 0 Å². The quantitative estimate of drug-likeness (QED) is 0.594. The van der Waals surface area contributed by atoms with E-state index in [0.29, 0.717) is 0 Å². The van der Waals surface area contributed by atoms with Gasteiger partial charge >= 0.3 is 5.97 Å². The monoisotopic (exact) mass is 320 g/mol. The third-order valence-electron chi connectivity index (χ3n) is 2.03.